The third-order valence-corrected chi connectivity index (χ3v) is 8.16. The van der Waals surface area contributed by atoms with Gasteiger partial charge in [-0.3, -0.25) is 13.9 Å². The van der Waals surface area contributed by atoms with Crippen molar-refractivity contribution in [2.24, 2.45) is 0 Å². The highest BCUT2D eigenvalue weighted by atomic mass is 35.5. The van der Waals surface area contributed by atoms with E-state index in [-0.39, 0.29) is 43.8 Å². The molecule has 220 valence electrons. The molecule has 2 amide bonds. The second-order valence-corrected chi connectivity index (χ2v) is 12.8. The van der Waals surface area contributed by atoms with Crippen LogP contribution in [0.4, 0.5) is 5.69 Å². The van der Waals surface area contributed by atoms with Gasteiger partial charge in [-0.15, -0.1) is 0 Å². The molecule has 0 saturated carbocycles. The van der Waals surface area contributed by atoms with Gasteiger partial charge in [0.15, 0.2) is 0 Å². The number of nitrogens with zero attached hydrogens (tertiary/aromatic N) is 2. The van der Waals surface area contributed by atoms with Crippen LogP contribution in [0.25, 0.3) is 0 Å². The Bertz CT molecular complexity index is 1400. The summed E-state index contributed by atoms with van der Waals surface area (Å²) in [6.45, 7) is 6.14. The first-order valence-electron chi connectivity index (χ1n) is 13.9. The maximum Gasteiger partial charge on any atom is 0.243 e. The number of rotatable bonds is 14. The molecule has 41 heavy (non-hydrogen) atoms. The van der Waals surface area contributed by atoms with Crippen LogP contribution in [0.1, 0.15) is 50.3 Å². The Kier molecular flexibility index (Phi) is 11.8. The highest BCUT2D eigenvalue weighted by Crippen LogP contribution is 2.22. The third kappa shape index (κ3) is 9.90. The topological polar surface area (TPSA) is 86.8 Å². The highest BCUT2D eigenvalue weighted by molar-refractivity contribution is 7.92. The zero-order valence-electron chi connectivity index (χ0n) is 24.2. The molecule has 0 radical (unpaired) electrons. The van der Waals surface area contributed by atoms with Gasteiger partial charge in [0.1, 0.15) is 6.04 Å². The summed E-state index contributed by atoms with van der Waals surface area (Å²) in [6, 6.07) is 23.4. The van der Waals surface area contributed by atoms with Gasteiger partial charge in [0.25, 0.3) is 0 Å². The van der Waals surface area contributed by atoms with Gasteiger partial charge in [-0.2, -0.15) is 0 Å². The van der Waals surface area contributed by atoms with Gasteiger partial charge in [0.05, 0.1) is 11.9 Å². The van der Waals surface area contributed by atoms with Crippen LogP contribution >= 0.6 is 11.6 Å². The lowest BCUT2D eigenvalue weighted by atomic mass is 10.0. The fourth-order valence-electron chi connectivity index (χ4n) is 4.67. The van der Waals surface area contributed by atoms with E-state index in [1.807, 2.05) is 75.4 Å². The largest absolute Gasteiger partial charge is 0.352 e. The molecule has 0 aliphatic rings. The van der Waals surface area contributed by atoms with Crippen molar-refractivity contribution in [3.63, 3.8) is 0 Å². The van der Waals surface area contributed by atoms with Crippen LogP contribution in [0, 0.1) is 0 Å². The van der Waals surface area contributed by atoms with Crippen LogP contribution < -0.4 is 9.62 Å². The zero-order valence-corrected chi connectivity index (χ0v) is 25.8. The minimum absolute atomic E-state index is 0.0693. The first kappa shape index (κ1) is 32.2. The summed E-state index contributed by atoms with van der Waals surface area (Å²) in [6.07, 6.45) is 2.72. The number of sulfonamides is 1. The molecule has 0 aromatic heterocycles. The van der Waals surface area contributed by atoms with Gasteiger partial charge in [0.2, 0.25) is 21.8 Å². The fraction of sp³-hybridized carbons (Fsp3) is 0.375. The van der Waals surface area contributed by atoms with Crippen LogP contribution in [0.5, 0.6) is 0 Å². The fourth-order valence-corrected chi connectivity index (χ4v) is 5.85. The van der Waals surface area contributed by atoms with Gasteiger partial charge in [0, 0.05) is 37.0 Å². The number of aryl methyl sites for hydroxylation is 1. The summed E-state index contributed by atoms with van der Waals surface area (Å²) in [5, 5.41) is 3.51. The summed E-state index contributed by atoms with van der Waals surface area (Å²) in [5.41, 5.74) is 3.40. The van der Waals surface area contributed by atoms with Crippen molar-refractivity contribution in [2.75, 3.05) is 17.1 Å². The molecule has 0 spiro atoms. The summed E-state index contributed by atoms with van der Waals surface area (Å²) < 4.78 is 26.6. The summed E-state index contributed by atoms with van der Waals surface area (Å²) >= 11 is 6.24. The summed E-state index contributed by atoms with van der Waals surface area (Å²) in [7, 11) is -3.56. The molecule has 0 saturated heterocycles. The van der Waals surface area contributed by atoms with Crippen molar-refractivity contribution in [3.05, 3.63) is 101 Å². The van der Waals surface area contributed by atoms with Gasteiger partial charge in [-0.05, 0) is 67.6 Å². The minimum atomic E-state index is -3.56. The quantitative estimate of drug-likeness (QED) is 0.262. The predicted molar refractivity (Wildman–Crippen MR) is 166 cm³/mol. The number of amides is 2. The molecule has 0 unspecified atom stereocenters. The number of benzene rings is 3. The van der Waals surface area contributed by atoms with Crippen molar-refractivity contribution >= 4 is 39.1 Å². The van der Waals surface area contributed by atoms with E-state index < -0.39 is 16.1 Å². The van der Waals surface area contributed by atoms with Gasteiger partial charge < -0.3 is 10.2 Å². The third-order valence-electron chi connectivity index (χ3n) is 6.73. The Hall–Kier alpha value is -3.36. The lowest BCUT2D eigenvalue weighted by Gasteiger charge is -2.32. The van der Waals surface area contributed by atoms with E-state index in [9.17, 15) is 18.0 Å². The monoisotopic (exact) mass is 597 g/mol. The van der Waals surface area contributed by atoms with Gasteiger partial charge in [-0.25, -0.2) is 8.42 Å². The average molecular weight is 598 g/mol. The Labute approximate surface area is 249 Å². The first-order valence-corrected chi connectivity index (χ1v) is 16.2. The van der Waals surface area contributed by atoms with Crippen LogP contribution in [-0.2, 0) is 39.0 Å². The zero-order chi connectivity index (χ0) is 30.0. The van der Waals surface area contributed by atoms with Crippen molar-refractivity contribution < 1.29 is 18.0 Å². The van der Waals surface area contributed by atoms with E-state index in [1.165, 1.54) is 10.6 Å². The molecular formula is C32H40ClN3O4S. The Morgan fingerprint density at radius 2 is 1.56 bits per heavy atom. The van der Waals surface area contributed by atoms with E-state index >= 15 is 0 Å². The number of halogens is 1. The Morgan fingerprint density at radius 3 is 2.15 bits per heavy atom. The summed E-state index contributed by atoms with van der Waals surface area (Å²) in [5.74, 6) is -0.479. The second kappa shape index (κ2) is 15.0. The predicted octanol–water partition coefficient (Wildman–Crippen LogP) is 5.61. The number of anilines is 1. The molecule has 3 rings (SSSR count). The molecule has 3 aromatic carbocycles. The second-order valence-electron chi connectivity index (χ2n) is 10.5. The number of carbonyl (C=O) groups excluding carboxylic acids is 2. The lowest BCUT2D eigenvalue weighted by molar-refractivity contribution is -0.141. The molecule has 1 N–H and O–H groups in total. The number of nitrogens with one attached hydrogen (secondary N) is 1. The Balaban J connectivity index is 1.87. The SMILES string of the molecule is CCc1ccc(N(CCCC(=O)N(Cc2cccc(Cl)c2)[C@@H](Cc2ccccc2)C(=O)NC(C)C)S(C)(=O)=O)cc1. The molecule has 9 heteroatoms. The lowest BCUT2D eigenvalue weighted by Crippen LogP contribution is -2.51. The van der Waals surface area contributed by atoms with E-state index in [2.05, 4.69) is 5.32 Å². The molecule has 0 bridgehead atoms. The normalized spacial score (nSPS) is 12.1. The van der Waals surface area contributed by atoms with Crippen molar-refractivity contribution in [1.29, 1.82) is 0 Å². The van der Waals surface area contributed by atoms with Gasteiger partial charge in [-0.1, -0.05) is 73.1 Å². The van der Waals surface area contributed by atoms with E-state index in [4.69, 9.17) is 11.6 Å². The molecule has 7 nitrogen and oxygen atoms in total. The molecule has 0 aliphatic heterocycles. The van der Waals surface area contributed by atoms with Crippen LogP contribution in [0.3, 0.4) is 0 Å². The van der Waals surface area contributed by atoms with Crippen molar-refractivity contribution in [3.8, 4) is 0 Å². The molecule has 0 fully saturated rings. The molecular weight excluding hydrogens is 558 g/mol. The molecule has 3 aromatic rings. The van der Waals surface area contributed by atoms with Gasteiger partial charge >= 0.3 is 0 Å². The minimum Gasteiger partial charge on any atom is -0.352 e. The van der Waals surface area contributed by atoms with Crippen LogP contribution in [-0.4, -0.2) is 50.0 Å². The van der Waals surface area contributed by atoms with Crippen LogP contribution in [0.15, 0.2) is 78.9 Å². The van der Waals surface area contributed by atoms with Crippen molar-refractivity contribution in [2.45, 2.75) is 65.1 Å². The maximum atomic E-state index is 13.9. The van der Waals surface area contributed by atoms with E-state index in [0.717, 1.165) is 23.1 Å². The standard InChI is InChI=1S/C32H40ClN3O4S/c1-5-25-16-18-29(19-17-25)36(41(4,39)40)20-10-15-31(37)35(23-27-13-9-14-28(33)21-27)30(32(38)34-24(2)3)22-26-11-7-6-8-12-26/h6-9,11-14,16-19,21,24,30H,5,10,15,20,22-23H2,1-4H3,(H,34,38)/t30-/m0/s1. The van der Waals surface area contributed by atoms with Crippen LogP contribution in [0.2, 0.25) is 5.02 Å². The first-order chi connectivity index (χ1) is 19.5. The van der Waals surface area contributed by atoms with Crippen molar-refractivity contribution in [1.82, 2.24) is 10.2 Å². The molecule has 0 heterocycles. The summed E-state index contributed by atoms with van der Waals surface area (Å²) in [4.78, 5) is 28.9. The van der Waals surface area contributed by atoms with E-state index in [1.54, 1.807) is 29.2 Å². The highest BCUT2D eigenvalue weighted by Gasteiger charge is 2.31. The number of carbonyl (C=O) groups is 2. The smallest absolute Gasteiger partial charge is 0.243 e. The number of hydrogen-bond donors (Lipinski definition) is 1. The maximum absolute atomic E-state index is 13.9. The molecule has 1 atom stereocenters. The Morgan fingerprint density at radius 1 is 0.902 bits per heavy atom. The average Bonchev–Trinajstić information content (AvgIpc) is 2.92. The number of hydrogen-bond acceptors (Lipinski definition) is 4. The molecule has 0 aliphatic carbocycles. The van der Waals surface area contributed by atoms with E-state index in [0.29, 0.717) is 17.1 Å².